The number of nitro groups is 1. The maximum Gasteiger partial charge on any atom is 0.406 e. The second kappa shape index (κ2) is 2.59. The standard InChI is InChI=1S/C2H3N3O4S/c3-1-2(5(6)7)10(4,8)9/h2H,(H2,4,8,9). The van der Waals surface area contributed by atoms with Gasteiger partial charge >= 0.3 is 5.37 Å². The molecule has 0 aromatic rings. The molecule has 0 aliphatic heterocycles. The monoisotopic (exact) mass is 165 g/mol. The number of hydrogen-bond acceptors (Lipinski definition) is 5. The van der Waals surface area contributed by atoms with E-state index in [1.807, 2.05) is 0 Å². The Morgan fingerprint density at radius 1 is 1.70 bits per heavy atom. The van der Waals surface area contributed by atoms with Crippen molar-refractivity contribution in [3.05, 3.63) is 10.1 Å². The largest absolute Gasteiger partial charge is 0.406 e. The summed E-state index contributed by atoms with van der Waals surface area (Å²) in [4.78, 5) is 8.43. The zero-order chi connectivity index (χ0) is 8.36. The van der Waals surface area contributed by atoms with Gasteiger partial charge in [0.2, 0.25) is 0 Å². The van der Waals surface area contributed by atoms with Gasteiger partial charge in [-0.2, -0.15) is 5.26 Å². The number of nitrogens with zero attached hydrogens (tertiary/aromatic N) is 2. The van der Waals surface area contributed by atoms with Crippen molar-refractivity contribution in [3.63, 3.8) is 0 Å². The average molecular weight is 165 g/mol. The van der Waals surface area contributed by atoms with Gasteiger partial charge in [0.25, 0.3) is 10.0 Å². The molecule has 0 aromatic heterocycles. The lowest BCUT2D eigenvalue weighted by atomic mass is 10.8. The Balaban J connectivity index is 4.78. The molecule has 0 saturated heterocycles. The highest BCUT2D eigenvalue weighted by molar-refractivity contribution is 7.89. The Labute approximate surface area is 56.3 Å². The lowest BCUT2D eigenvalue weighted by Gasteiger charge is -1.94. The van der Waals surface area contributed by atoms with E-state index in [0.29, 0.717) is 0 Å². The smallest absolute Gasteiger partial charge is 0.262 e. The summed E-state index contributed by atoms with van der Waals surface area (Å²) in [5.74, 6) is 0. The van der Waals surface area contributed by atoms with Gasteiger partial charge in [-0.3, -0.25) is 10.1 Å². The summed E-state index contributed by atoms with van der Waals surface area (Å²) in [6, 6.07) is 0.929. The minimum atomic E-state index is -4.37. The average Bonchev–Trinajstić information content (AvgIpc) is 1.60. The first-order chi connectivity index (χ1) is 4.39. The first-order valence-corrected chi connectivity index (χ1v) is 3.55. The Morgan fingerprint density at radius 2 is 2.10 bits per heavy atom. The van der Waals surface area contributed by atoms with Crippen molar-refractivity contribution in [2.75, 3.05) is 0 Å². The van der Waals surface area contributed by atoms with E-state index in [9.17, 15) is 18.5 Å². The number of primary sulfonamides is 1. The third-order valence-electron chi connectivity index (χ3n) is 0.613. The molecule has 8 heteroatoms. The molecule has 0 saturated carbocycles. The second-order valence-electron chi connectivity index (χ2n) is 1.36. The highest BCUT2D eigenvalue weighted by atomic mass is 32.2. The number of rotatable bonds is 2. The molecule has 0 rings (SSSR count). The van der Waals surface area contributed by atoms with Crippen LogP contribution >= 0.6 is 0 Å². The Morgan fingerprint density at radius 3 is 2.10 bits per heavy atom. The van der Waals surface area contributed by atoms with E-state index in [-0.39, 0.29) is 0 Å². The van der Waals surface area contributed by atoms with E-state index >= 15 is 0 Å². The molecule has 56 valence electrons. The fraction of sp³-hybridized carbons (Fsp3) is 0.500. The maximum atomic E-state index is 10.1. The van der Waals surface area contributed by atoms with Crippen LogP contribution in [0, 0.1) is 21.4 Å². The van der Waals surface area contributed by atoms with Crippen molar-refractivity contribution < 1.29 is 13.3 Å². The van der Waals surface area contributed by atoms with E-state index in [2.05, 4.69) is 5.14 Å². The van der Waals surface area contributed by atoms with Gasteiger partial charge in [0.05, 0.1) is 4.92 Å². The molecule has 0 spiro atoms. The summed E-state index contributed by atoms with van der Waals surface area (Å²) in [6.45, 7) is 0. The SMILES string of the molecule is N#CC([N+](=O)[O-])S(N)(=O)=O. The molecular weight excluding hydrogens is 162 g/mol. The Hall–Kier alpha value is -1.20. The quantitative estimate of drug-likeness (QED) is 0.389. The molecule has 7 nitrogen and oxygen atoms in total. The number of hydrogen-bond donors (Lipinski definition) is 1. The van der Waals surface area contributed by atoms with Crippen molar-refractivity contribution in [3.8, 4) is 6.07 Å². The molecule has 0 amide bonds. The first-order valence-electron chi connectivity index (χ1n) is 1.94. The molecule has 0 fully saturated rings. The minimum Gasteiger partial charge on any atom is -0.262 e. The summed E-state index contributed by atoms with van der Waals surface area (Å²) in [5.41, 5.74) is 0. The van der Waals surface area contributed by atoms with Crippen LogP contribution in [0.2, 0.25) is 0 Å². The van der Waals surface area contributed by atoms with Gasteiger partial charge < -0.3 is 0 Å². The van der Waals surface area contributed by atoms with E-state index in [4.69, 9.17) is 5.26 Å². The third kappa shape index (κ3) is 1.96. The summed E-state index contributed by atoms with van der Waals surface area (Å²) in [5, 5.41) is 19.5. The van der Waals surface area contributed by atoms with E-state index in [1.54, 1.807) is 0 Å². The number of sulfonamides is 1. The summed E-state index contributed by atoms with van der Waals surface area (Å²) in [7, 11) is -4.37. The molecule has 10 heavy (non-hydrogen) atoms. The summed E-state index contributed by atoms with van der Waals surface area (Å²) < 4.78 is 20.2. The molecule has 1 unspecified atom stereocenters. The Kier molecular flexibility index (Phi) is 2.28. The van der Waals surface area contributed by atoms with Crippen molar-refractivity contribution in [1.82, 2.24) is 0 Å². The van der Waals surface area contributed by atoms with Gasteiger partial charge in [-0.15, -0.1) is 0 Å². The lowest BCUT2D eigenvalue weighted by Crippen LogP contribution is -2.33. The molecule has 0 radical (unpaired) electrons. The highest BCUT2D eigenvalue weighted by Crippen LogP contribution is 1.93. The van der Waals surface area contributed by atoms with Crippen molar-refractivity contribution in [2.24, 2.45) is 5.14 Å². The molecule has 2 N–H and O–H groups in total. The normalized spacial score (nSPS) is 13.6. The van der Waals surface area contributed by atoms with Crippen molar-refractivity contribution >= 4 is 10.0 Å². The van der Waals surface area contributed by atoms with Crippen LogP contribution in [0.3, 0.4) is 0 Å². The second-order valence-corrected chi connectivity index (χ2v) is 2.98. The molecule has 0 aromatic carbocycles. The summed E-state index contributed by atoms with van der Waals surface area (Å²) >= 11 is 0. The molecule has 1 atom stereocenters. The van der Waals surface area contributed by atoms with E-state index < -0.39 is 20.3 Å². The van der Waals surface area contributed by atoms with Gasteiger partial charge in [-0.05, 0) is 0 Å². The lowest BCUT2D eigenvalue weighted by molar-refractivity contribution is -0.482. The van der Waals surface area contributed by atoms with Crippen LogP contribution < -0.4 is 5.14 Å². The van der Waals surface area contributed by atoms with Gasteiger partial charge in [0, 0.05) is 0 Å². The number of nitrogens with two attached hydrogens (primary N) is 1. The van der Waals surface area contributed by atoms with Crippen LogP contribution in [0.1, 0.15) is 0 Å². The maximum absolute atomic E-state index is 10.1. The minimum absolute atomic E-state index is 0.929. The zero-order valence-electron chi connectivity index (χ0n) is 4.59. The number of nitriles is 1. The molecular formula is C2H3N3O4S. The van der Waals surface area contributed by atoms with E-state index in [0.717, 1.165) is 6.07 Å². The topological polar surface area (TPSA) is 127 Å². The van der Waals surface area contributed by atoms with Gasteiger partial charge in [-0.25, -0.2) is 13.6 Å². The molecule has 0 aliphatic rings. The van der Waals surface area contributed by atoms with Crippen molar-refractivity contribution in [1.29, 1.82) is 5.26 Å². The van der Waals surface area contributed by atoms with Crippen LogP contribution in [0.5, 0.6) is 0 Å². The predicted octanol–water partition coefficient (Wildman–Crippen LogP) is -1.60. The van der Waals surface area contributed by atoms with Gasteiger partial charge in [-0.1, -0.05) is 0 Å². The van der Waals surface area contributed by atoms with Crippen LogP contribution in [-0.2, 0) is 10.0 Å². The predicted molar refractivity (Wildman–Crippen MR) is 29.5 cm³/mol. The Bertz CT molecular complexity index is 273. The fourth-order valence-corrected chi connectivity index (χ4v) is 0.627. The van der Waals surface area contributed by atoms with Gasteiger partial charge in [0.15, 0.2) is 6.07 Å². The van der Waals surface area contributed by atoms with Gasteiger partial charge in [0.1, 0.15) is 0 Å². The van der Waals surface area contributed by atoms with Crippen LogP contribution in [0.25, 0.3) is 0 Å². The molecule has 0 aliphatic carbocycles. The van der Waals surface area contributed by atoms with Crippen LogP contribution in [0.15, 0.2) is 0 Å². The van der Waals surface area contributed by atoms with Crippen LogP contribution in [-0.4, -0.2) is 18.7 Å². The van der Waals surface area contributed by atoms with Crippen LogP contribution in [0.4, 0.5) is 0 Å². The zero-order valence-corrected chi connectivity index (χ0v) is 5.41. The van der Waals surface area contributed by atoms with Crippen molar-refractivity contribution in [2.45, 2.75) is 5.37 Å². The summed E-state index contributed by atoms with van der Waals surface area (Å²) in [6.07, 6.45) is 0. The highest BCUT2D eigenvalue weighted by Gasteiger charge is 2.32. The fourth-order valence-electron chi connectivity index (χ4n) is 0.241. The molecule has 0 bridgehead atoms. The third-order valence-corrected chi connectivity index (χ3v) is 1.51. The first kappa shape index (κ1) is 8.80. The molecule has 0 heterocycles. The van der Waals surface area contributed by atoms with E-state index in [1.165, 1.54) is 0 Å².